The molecule has 0 aromatic carbocycles. The van der Waals surface area contributed by atoms with E-state index in [2.05, 4.69) is 0 Å². The van der Waals surface area contributed by atoms with Crippen LogP contribution in [0.1, 0.15) is 1.43 Å². The smallest absolute Gasteiger partial charge is 1.00 e. The number of hydrogen-bond acceptors (Lipinski definition) is 1. The first kappa shape index (κ1) is 35.6. The molecule has 0 aliphatic carbocycles. The molecule has 0 saturated heterocycles. The fraction of sp³-hybridized carbons (Fsp3) is 0. The maximum atomic E-state index is 0. The summed E-state index contributed by atoms with van der Waals surface area (Å²) >= 11 is 0. The molecule has 0 amide bonds. The van der Waals surface area contributed by atoms with Gasteiger partial charge in [-0.15, -0.1) is 0 Å². The van der Waals surface area contributed by atoms with Gasteiger partial charge in [0, 0.05) is 0 Å². The summed E-state index contributed by atoms with van der Waals surface area (Å²) in [4.78, 5) is 0. The molecule has 0 saturated carbocycles. The van der Waals surface area contributed by atoms with Crippen molar-refractivity contribution in [2.75, 3.05) is 0 Å². The minimum atomic E-state index is 0. The van der Waals surface area contributed by atoms with E-state index < -0.39 is 0 Å². The number of rotatable bonds is 0. The third kappa shape index (κ3) is 8.92. The number of hydrogen-bond donors (Lipinski definition) is 1. The first-order valence-electron chi connectivity index (χ1n) is 0. The second-order valence-electron chi connectivity index (χ2n) is 0. The molecule has 0 rings (SSSR count). The SMILES string of the molecule is N.[F-].[H-].[K+].[Li+]. The van der Waals surface area contributed by atoms with Crippen LogP contribution in [0, 0.1) is 0 Å². The Balaban J connectivity index is 0. The van der Waals surface area contributed by atoms with Crippen LogP contribution in [0.15, 0.2) is 0 Å². The molecule has 4 heteroatoms. The molecule has 0 heterocycles. The molecule has 0 aliphatic rings. The van der Waals surface area contributed by atoms with E-state index in [1.807, 2.05) is 0 Å². The van der Waals surface area contributed by atoms with Crippen molar-refractivity contribution in [3.05, 3.63) is 0 Å². The van der Waals surface area contributed by atoms with Crippen LogP contribution >= 0.6 is 0 Å². The van der Waals surface area contributed by atoms with Crippen LogP contribution in [-0.2, 0) is 0 Å². The molecule has 0 fully saturated rings. The summed E-state index contributed by atoms with van der Waals surface area (Å²) in [5, 5.41) is 0. The molecule has 0 aromatic rings. The maximum absolute atomic E-state index is 0. The summed E-state index contributed by atoms with van der Waals surface area (Å²) in [7, 11) is 0. The molecule has 0 aromatic heterocycles. The van der Waals surface area contributed by atoms with Crippen molar-refractivity contribution in [1.82, 2.24) is 6.15 Å². The molecule has 0 atom stereocenters. The van der Waals surface area contributed by atoms with Gasteiger partial charge in [-0.2, -0.15) is 0 Å². The molecule has 4 heavy (non-hydrogen) atoms. The molecular formula is H4FKLiN. The normalized spacial score (nSPS) is 0. The largest absolute Gasteiger partial charge is 1.00 e. The topological polar surface area (TPSA) is 35.0 Å². The van der Waals surface area contributed by atoms with E-state index in [0.29, 0.717) is 0 Å². The van der Waals surface area contributed by atoms with Crippen LogP contribution in [0.2, 0.25) is 0 Å². The van der Waals surface area contributed by atoms with E-state index >= 15 is 0 Å². The summed E-state index contributed by atoms with van der Waals surface area (Å²) in [5.41, 5.74) is 0. The quantitative estimate of drug-likeness (QED) is 0.290. The zero-order chi connectivity index (χ0) is 0. The molecule has 0 unspecified atom stereocenters. The van der Waals surface area contributed by atoms with Gasteiger partial charge in [0.2, 0.25) is 0 Å². The van der Waals surface area contributed by atoms with Gasteiger partial charge in [-0.1, -0.05) is 0 Å². The van der Waals surface area contributed by atoms with Gasteiger partial charge < -0.3 is 12.3 Å². The standard InChI is InChI=1S/FH.K.Li.H3N.H/h1H;;;1H3;/q;2*+1;;-1/p-1. The van der Waals surface area contributed by atoms with Gasteiger partial charge in [-0.05, 0) is 0 Å². The van der Waals surface area contributed by atoms with E-state index in [9.17, 15) is 0 Å². The summed E-state index contributed by atoms with van der Waals surface area (Å²) in [6.45, 7) is 0. The Morgan fingerprint density at radius 3 is 1.25 bits per heavy atom. The summed E-state index contributed by atoms with van der Waals surface area (Å²) in [6, 6.07) is 0. The van der Waals surface area contributed by atoms with Crippen molar-refractivity contribution in [3.63, 3.8) is 0 Å². The van der Waals surface area contributed by atoms with Gasteiger partial charge in [0.05, 0.1) is 0 Å². The zero-order valence-corrected chi connectivity index (χ0v) is 6.21. The first-order chi connectivity index (χ1) is 0. The van der Waals surface area contributed by atoms with Crippen LogP contribution in [0.4, 0.5) is 0 Å². The van der Waals surface area contributed by atoms with Crippen LogP contribution in [0.25, 0.3) is 0 Å². The average molecular weight is 83.1 g/mol. The van der Waals surface area contributed by atoms with E-state index in [1.165, 1.54) is 0 Å². The van der Waals surface area contributed by atoms with Crippen LogP contribution < -0.4 is 81.1 Å². The van der Waals surface area contributed by atoms with Crippen molar-refractivity contribution < 1.29 is 76.4 Å². The molecule has 0 bridgehead atoms. The minimum absolute atomic E-state index is 0. The van der Waals surface area contributed by atoms with Gasteiger partial charge in [-0.3, -0.25) is 0 Å². The van der Waals surface area contributed by atoms with E-state index in [4.69, 9.17) is 0 Å². The Morgan fingerprint density at radius 1 is 1.25 bits per heavy atom. The third-order valence-electron chi connectivity index (χ3n) is 0. The Bertz CT molecular complexity index is 11.6. The minimum Gasteiger partial charge on any atom is -1.00 e. The van der Waals surface area contributed by atoms with E-state index in [1.54, 1.807) is 0 Å². The summed E-state index contributed by atoms with van der Waals surface area (Å²) < 4.78 is 0. The number of halogens is 1. The van der Waals surface area contributed by atoms with Crippen LogP contribution in [0.3, 0.4) is 0 Å². The van der Waals surface area contributed by atoms with Gasteiger partial charge in [0.1, 0.15) is 0 Å². The van der Waals surface area contributed by atoms with Crippen LogP contribution in [0.5, 0.6) is 0 Å². The first-order valence-corrected chi connectivity index (χ1v) is 0. The van der Waals surface area contributed by atoms with Gasteiger partial charge in [0.25, 0.3) is 0 Å². The molecule has 18 valence electrons. The maximum Gasteiger partial charge on any atom is 1.00 e. The molecule has 0 spiro atoms. The molecule has 1 nitrogen and oxygen atoms in total. The Morgan fingerprint density at radius 2 is 1.25 bits per heavy atom. The van der Waals surface area contributed by atoms with Crippen LogP contribution in [-0.4, -0.2) is 0 Å². The molecule has 0 radical (unpaired) electrons. The van der Waals surface area contributed by atoms with Crippen molar-refractivity contribution in [1.29, 1.82) is 0 Å². The third-order valence-corrected chi connectivity index (χ3v) is 0. The van der Waals surface area contributed by atoms with Gasteiger partial charge in [-0.25, -0.2) is 0 Å². The van der Waals surface area contributed by atoms with Gasteiger partial charge >= 0.3 is 70.2 Å². The second kappa shape index (κ2) is 19.3. The average Bonchev–Trinajstić information content (AvgIpc) is 0. The summed E-state index contributed by atoms with van der Waals surface area (Å²) in [5.74, 6) is 0. The second-order valence-corrected chi connectivity index (χ2v) is 0. The fourth-order valence-corrected chi connectivity index (χ4v) is 0. The van der Waals surface area contributed by atoms with Crippen molar-refractivity contribution in [2.24, 2.45) is 0 Å². The van der Waals surface area contributed by atoms with E-state index in [-0.39, 0.29) is 82.5 Å². The van der Waals surface area contributed by atoms with Crippen molar-refractivity contribution in [2.45, 2.75) is 0 Å². The Kier molecular flexibility index (Phi) is 172. The van der Waals surface area contributed by atoms with Gasteiger partial charge in [0.15, 0.2) is 0 Å². The Hall–Kier alpha value is 2.12. The molecular weight excluding hydrogens is 79.0 g/mol. The van der Waals surface area contributed by atoms with Crippen molar-refractivity contribution in [3.8, 4) is 0 Å². The monoisotopic (exact) mass is 83.0 g/mol. The predicted molar refractivity (Wildman–Crippen MR) is 6.13 cm³/mol. The van der Waals surface area contributed by atoms with E-state index in [0.717, 1.165) is 0 Å². The fourth-order valence-electron chi connectivity index (χ4n) is 0. The van der Waals surface area contributed by atoms with Crippen molar-refractivity contribution >= 4 is 0 Å². The zero-order valence-electron chi connectivity index (χ0n) is 4.09. The molecule has 3 N–H and O–H groups in total. The predicted octanol–water partition coefficient (Wildman–Crippen LogP) is -8.71. The Labute approximate surface area is 80.9 Å². The molecule has 0 aliphatic heterocycles. The summed E-state index contributed by atoms with van der Waals surface area (Å²) in [6.07, 6.45) is 0.